The Bertz CT molecular complexity index is 1400. The number of likely N-dealkylation sites (tertiary alicyclic amines) is 1. The molecule has 2 aromatic carbocycles. The minimum Gasteiger partial charge on any atom is -0.443 e. The molecule has 0 saturated carbocycles. The van der Waals surface area contributed by atoms with Gasteiger partial charge < -0.3 is 14.8 Å². The molecule has 8 heteroatoms. The second-order valence-corrected chi connectivity index (χ2v) is 12.2. The van der Waals surface area contributed by atoms with Gasteiger partial charge in [0.25, 0.3) is 5.91 Å². The fourth-order valence-corrected chi connectivity index (χ4v) is 5.81. The third kappa shape index (κ3) is 6.24. The van der Waals surface area contributed by atoms with E-state index in [1.165, 1.54) is 24.8 Å². The lowest BCUT2D eigenvalue weighted by molar-refractivity contribution is 0.0547. The van der Waals surface area contributed by atoms with Gasteiger partial charge in [0.05, 0.1) is 23.4 Å². The maximum Gasteiger partial charge on any atom is 0.419 e. The first-order chi connectivity index (χ1) is 19.1. The van der Waals surface area contributed by atoms with Gasteiger partial charge in [0, 0.05) is 44.2 Å². The standard InChI is InChI=1S/C32H42N4O4/c1-32(2,3)40-31(38)36-27-10-9-22(21-35-11-7-6-8-12-35)15-24(27)18-28(36)26-17-23(20-34(4)13-14-39-5)16-25-19-33-30(37)29(25)26/h9-10,15-18H,6-8,11-14,19-21H2,1-5H3,(H,33,37). The molecule has 8 nitrogen and oxygen atoms in total. The number of carbonyl (C=O) groups excluding carboxylic acids is 2. The van der Waals surface area contributed by atoms with Crippen LogP contribution in [0.5, 0.6) is 0 Å². The van der Waals surface area contributed by atoms with Gasteiger partial charge >= 0.3 is 6.09 Å². The van der Waals surface area contributed by atoms with E-state index in [2.05, 4.69) is 46.4 Å². The number of likely N-dealkylation sites (N-methyl/N-ethyl adjacent to an activating group) is 1. The van der Waals surface area contributed by atoms with Crippen molar-refractivity contribution in [3.63, 3.8) is 0 Å². The lowest BCUT2D eigenvalue weighted by Gasteiger charge is -2.26. The van der Waals surface area contributed by atoms with Crippen LogP contribution in [0.15, 0.2) is 36.4 Å². The number of amides is 1. The maximum atomic E-state index is 13.7. The maximum absolute atomic E-state index is 13.7. The molecular weight excluding hydrogens is 504 g/mol. The molecule has 0 radical (unpaired) electrons. The molecule has 0 bridgehead atoms. The highest BCUT2D eigenvalue weighted by molar-refractivity contribution is 6.07. The van der Waals surface area contributed by atoms with E-state index in [0.717, 1.165) is 53.8 Å². The summed E-state index contributed by atoms with van der Waals surface area (Å²) in [5.41, 5.74) is 5.42. The van der Waals surface area contributed by atoms with Crippen molar-refractivity contribution in [1.29, 1.82) is 0 Å². The highest BCUT2D eigenvalue weighted by Gasteiger charge is 2.29. The molecule has 3 aromatic rings. The van der Waals surface area contributed by atoms with E-state index in [-0.39, 0.29) is 5.91 Å². The Labute approximate surface area is 237 Å². The fourth-order valence-electron chi connectivity index (χ4n) is 5.81. The summed E-state index contributed by atoms with van der Waals surface area (Å²) in [6.45, 7) is 11.3. The average molecular weight is 547 g/mol. The van der Waals surface area contributed by atoms with Crippen LogP contribution in [0.2, 0.25) is 0 Å². The minimum atomic E-state index is -0.662. The highest BCUT2D eigenvalue weighted by atomic mass is 16.6. The highest BCUT2D eigenvalue weighted by Crippen LogP contribution is 2.36. The number of hydrogen-bond acceptors (Lipinski definition) is 6. The molecule has 2 aliphatic heterocycles. The van der Waals surface area contributed by atoms with Crippen LogP contribution in [-0.4, -0.2) is 72.4 Å². The van der Waals surface area contributed by atoms with E-state index < -0.39 is 11.7 Å². The predicted molar refractivity (Wildman–Crippen MR) is 158 cm³/mol. The van der Waals surface area contributed by atoms with Gasteiger partial charge in [0.15, 0.2) is 0 Å². The first-order valence-electron chi connectivity index (χ1n) is 14.3. The molecule has 5 rings (SSSR count). The van der Waals surface area contributed by atoms with Crippen LogP contribution in [0.4, 0.5) is 4.79 Å². The number of benzene rings is 2. The van der Waals surface area contributed by atoms with Crippen LogP contribution in [0, 0.1) is 0 Å². The molecule has 3 heterocycles. The largest absolute Gasteiger partial charge is 0.443 e. The predicted octanol–water partition coefficient (Wildman–Crippen LogP) is 5.40. The molecule has 1 amide bonds. The minimum absolute atomic E-state index is 0.115. The van der Waals surface area contributed by atoms with Gasteiger partial charge in [-0.05, 0) is 94.7 Å². The van der Waals surface area contributed by atoms with Crippen molar-refractivity contribution in [2.45, 2.75) is 65.3 Å². The van der Waals surface area contributed by atoms with Crippen molar-refractivity contribution in [3.8, 4) is 11.3 Å². The smallest absolute Gasteiger partial charge is 0.419 e. The second kappa shape index (κ2) is 11.7. The first kappa shape index (κ1) is 28.3. The van der Waals surface area contributed by atoms with Crippen LogP contribution < -0.4 is 5.32 Å². The van der Waals surface area contributed by atoms with Gasteiger partial charge in [-0.25, -0.2) is 9.36 Å². The van der Waals surface area contributed by atoms with E-state index >= 15 is 0 Å². The van der Waals surface area contributed by atoms with E-state index in [9.17, 15) is 9.59 Å². The normalized spacial score (nSPS) is 16.0. The van der Waals surface area contributed by atoms with Crippen molar-refractivity contribution in [2.24, 2.45) is 0 Å². The van der Waals surface area contributed by atoms with Crippen LogP contribution in [0.3, 0.4) is 0 Å². The number of piperidine rings is 1. The quantitative estimate of drug-likeness (QED) is 0.408. The Balaban J connectivity index is 1.62. The SMILES string of the molecule is COCCN(C)Cc1cc2c(c(-c3cc4cc(CN5CCCCC5)ccc4n3C(=O)OC(C)(C)C)c1)C(=O)NC2. The zero-order valence-electron chi connectivity index (χ0n) is 24.5. The number of methoxy groups -OCH3 is 1. The molecule has 0 unspecified atom stereocenters. The zero-order valence-corrected chi connectivity index (χ0v) is 24.5. The summed E-state index contributed by atoms with van der Waals surface area (Å²) in [6, 6.07) is 12.5. The van der Waals surface area contributed by atoms with E-state index in [4.69, 9.17) is 9.47 Å². The van der Waals surface area contributed by atoms with Crippen LogP contribution in [0.1, 0.15) is 67.1 Å². The molecule has 2 aliphatic rings. The van der Waals surface area contributed by atoms with Crippen LogP contribution in [0.25, 0.3) is 22.2 Å². The Kier molecular flexibility index (Phi) is 8.31. The van der Waals surface area contributed by atoms with Gasteiger partial charge in [-0.2, -0.15) is 0 Å². The number of rotatable bonds is 8. The summed E-state index contributed by atoms with van der Waals surface area (Å²) in [6.07, 6.45) is 3.34. The Hall–Kier alpha value is -3.20. The monoisotopic (exact) mass is 546 g/mol. The number of aromatic nitrogens is 1. The number of nitrogens with one attached hydrogen (secondary N) is 1. The summed E-state index contributed by atoms with van der Waals surface area (Å²) in [5.74, 6) is -0.115. The molecule has 214 valence electrons. The van der Waals surface area contributed by atoms with Crippen molar-refractivity contribution >= 4 is 22.9 Å². The molecule has 1 fully saturated rings. The lowest BCUT2D eigenvalue weighted by Crippen LogP contribution is -2.29. The third-order valence-corrected chi connectivity index (χ3v) is 7.65. The third-order valence-electron chi connectivity index (χ3n) is 7.65. The Morgan fingerprint density at radius 1 is 1.05 bits per heavy atom. The van der Waals surface area contributed by atoms with Gasteiger partial charge in [0.2, 0.25) is 0 Å². The van der Waals surface area contributed by atoms with E-state index in [1.807, 2.05) is 32.9 Å². The summed E-state index contributed by atoms with van der Waals surface area (Å²) in [7, 11) is 3.75. The van der Waals surface area contributed by atoms with Gasteiger partial charge in [-0.1, -0.05) is 18.6 Å². The van der Waals surface area contributed by atoms with E-state index in [0.29, 0.717) is 31.0 Å². The molecule has 1 aromatic heterocycles. The van der Waals surface area contributed by atoms with Crippen LogP contribution >= 0.6 is 0 Å². The number of nitrogens with zero attached hydrogens (tertiary/aromatic N) is 3. The Morgan fingerprint density at radius 2 is 1.82 bits per heavy atom. The summed E-state index contributed by atoms with van der Waals surface area (Å²) < 4.78 is 12.8. The number of carbonyl (C=O) groups is 2. The van der Waals surface area contributed by atoms with Crippen molar-refractivity contribution < 1.29 is 19.1 Å². The average Bonchev–Trinajstić information content (AvgIpc) is 3.47. The lowest BCUT2D eigenvalue weighted by atomic mass is 9.96. The summed E-state index contributed by atoms with van der Waals surface area (Å²) in [4.78, 5) is 31.5. The molecule has 0 aliphatic carbocycles. The number of fused-ring (bicyclic) bond motifs is 2. The van der Waals surface area contributed by atoms with Crippen molar-refractivity contribution in [2.75, 3.05) is 40.4 Å². The van der Waals surface area contributed by atoms with Crippen LogP contribution in [-0.2, 0) is 29.1 Å². The molecular formula is C32H42N4O4. The molecule has 1 saturated heterocycles. The summed E-state index contributed by atoms with van der Waals surface area (Å²) >= 11 is 0. The van der Waals surface area contributed by atoms with Crippen molar-refractivity contribution in [1.82, 2.24) is 19.7 Å². The number of hydrogen-bond donors (Lipinski definition) is 1. The first-order valence-corrected chi connectivity index (χ1v) is 14.3. The van der Waals surface area contributed by atoms with Gasteiger partial charge in [-0.15, -0.1) is 0 Å². The zero-order chi connectivity index (χ0) is 28.4. The topological polar surface area (TPSA) is 76.0 Å². The summed E-state index contributed by atoms with van der Waals surface area (Å²) in [5, 5.41) is 3.94. The van der Waals surface area contributed by atoms with Gasteiger partial charge in [0.1, 0.15) is 5.60 Å². The molecule has 1 N–H and O–H groups in total. The van der Waals surface area contributed by atoms with Crippen molar-refractivity contribution in [3.05, 3.63) is 58.7 Å². The fraction of sp³-hybridized carbons (Fsp3) is 0.500. The van der Waals surface area contributed by atoms with E-state index in [1.54, 1.807) is 11.7 Å². The molecule has 0 spiro atoms. The molecule has 40 heavy (non-hydrogen) atoms. The second-order valence-electron chi connectivity index (χ2n) is 12.2. The molecule has 0 atom stereocenters. The van der Waals surface area contributed by atoms with Gasteiger partial charge in [-0.3, -0.25) is 14.6 Å². The number of ether oxygens (including phenoxy) is 2. The Morgan fingerprint density at radius 3 is 2.55 bits per heavy atom.